The molecule has 1 fully saturated rings. The Morgan fingerprint density at radius 2 is 1.92 bits per heavy atom. The Morgan fingerprint density at radius 1 is 1.12 bits per heavy atom. The third kappa shape index (κ3) is 2.83. The SMILES string of the molecule is CC(NC1CC(=O)N(c2ccc3cc[nH]c3c2)C1=O)c1ccccc1. The van der Waals surface area contributed by atoms with E-state index in [0.717, 1.165) is 16.5 Å². The van der Waals surface area contributed by atoms with Crippen molar-refractivity contribution in [1.82, 2.24) is 10.3 Å². The summed E-state index contributed by atoms with van der Waals surface area (Å²) >= 11 is 0. The summed E-state index contributed by atoms with van der Waals surface area (Å²) in [5.74, 6) is -0.368. The summed E-state index contributed by atoms with van der Waals surface area (Å²) in [5.41, 5.74) is 2.61. The Kier molecular flexibility index (Phi) is 3.86. The molecule has 25 heavy (non-hydrogen) atoms. The Morgan fingerprint density at radius 3 is 2.72 bits per heavy atom. The topological polar surface area (TPSA) is 65.2 Å². The van der Waals surface area contributed by atoms with Gasteiger partial charge in [-0.15, -0.1) is 0 Å². The van der Waals surface area contributed by atoms with Gasteiger partial charge in [-0.05, 0) is 36.1 Å². The molecule has 1 saturated heterocycles. The van der Waals surface area contributed by atoms with Crippen molar-refractivity contribution in [3.63, 3.8) is 0 Å². The Labute approximate surface area is 145 Å². The second-order valence-corrected chi connectivity index (χ2v) is 6.37. The van der Waals surface area contributed by atoms with E-state index in [1.165, 1.54) is 4.90 Å². The maximum atomic E-state index is 12.8. The van der Waals surface area contributed by atoms with Crippen LogP contribution in [-0.4, -0.2) is 22.8 Å². The molecule has 2 atom stereocenters. The number of hydrogen-bond acceptors (Lipinski definition) is 3. The number of benzene rings is 2. The molecule has 5 heteroatoms. The quantitative estimate of drug-likeness (QED) is 0.721. The molecule has 2 aromatic carbocycles. The molecule has 4 rings (SSSR count). The zero-order chi connectivity index (χ0) is 17.4. The second-order valence-electron chi connectivity index (χ2n) is 6.37. The highest BCUT2D eigenvalue weighted by Gasteiger charge is 2.40. The fourth-order valence-electron chi connectivity index (χ4n) is 3.35. The first-order chi connectivity index (χ1) is 12.1. The minimum Gasteiger partial charge on any atom is -0.361 e. The Balaban J connectivity index is 1.55. The van der Waals surface area contributed by atoms with E-state index < -0.39 is 6.04 Å². The molecule has 126 valence electrons. The number of rotatable bonds is 4. The minimum absolute atomic E-state index is 0.00575. The molecule has 2 unspecified atom stereocenters. The van der Waals surface area contributed by atoms with Crippen molar-refractivity contribution < 1.29 is 9.59 Å². The van der Waals surface area contributed by atoms with Gasteiger partial charge in [0.25, 0.3) is 5.91 Å². The molecule has 1 aliphatic heterocycles. The van der Waals surface area contributed by atoms with Crippen molar-refractivity contribution >= 4 is 28.4 Å². The molecule has 1 aliphatic rings. The molecule has 1 aromatic heterocycles. The van der Waals surface area contributed by atoms with Crippen molar-refractivity contribution in [2.75, 3.05) is 4.90 Å². The van der Waals surface area contributed by atoms with Crippen LogP contribution in [0.3, 0.4) is 0 Å². The van der Waals surface area contributed by atoms with Gasteiger partial charge in [-0.25, -0.2) is 4.90 Å². The predicted octanol–water partition coefficient (Wildman–Crippen LogP) is 3.15. The number of aromatic amines is 1. The highest BCUT2D eigenvalue weighted by atomic mass is 16.2. The van der Waals surface area contributed by atoms with E-state index in [2.05, 4.69) is 10.3 Å². The van der Waals surface area contributed by atoms with Gasteiger partial charge < -0.3 is 4.98 Å². The molecule has 2 amide bonds. The number of amides is 2. The fraction of sp³-hybridized carbons (Fsp3) is 0.200. The lowest BCUT2D eigenvalue weighted by molar-refractivity contribution is -0.121. The van der Waals surface area contributed by atoms with E-state index in [9.17, 15) is 9.59 Å². The molecule has 2 heterocycles. The Bertz CT molecular complexity index is 932. The van der Waals surface area contributed by atoms with Gasteiger partial charge in [0.05, 0.1) is 18.2 Å². The smallest absolute Gasteiger partial charge is 0.251 e. The van der Waals surface area contributed by atoms with E-state index in [0.29, 0.717) is 5.69 Å². The zero-order valence-corrected chi connectivity index (χ0v) is 13.9. The molecule has 5 nitrogen and oxygen atoms in total. The first kappa shape index (κ1) is 15.6. The number of nitrogens with zero attached hydrogens (tertiary/aromatic N) is 1. The summed E-state index contributed by atoms with van der Waals surface area (Å²) in [7, 11) is 0. The van der Waals surface area contributed by atoms with Gasteiger partial charge in [-0.3, -0.25) is 14.9 Å². The van der Waals surface area contributed by atoms with Crippen LogP contribution in [0.2, 0.25) is 0 Å². The summed E-state index contributed by atoms with van der Waals surface area (Å²) in [6, 6.07) is 16.9. The zero-order valence-electron chi connectivity index (χ0n) is 13.9. The number of fused-ring (bicyclic) bond motifs is 1. The van der Waals surface area contributed by atoms with Crippen LogP contribution < -0.4 is 10.2 Å². The number of carbonyl (C=O) groups is 2. The fourth-order valence-corrected chi connectivity index (χ4v) is 3.35. The molecular formula is C20H19N3O2. The van der Waals surface area contributed by atoms with Crippen molar-refractivity contribution in [3.05, 3.63) is 66.4 Å². The number of hydrogen-bond donors (Lipinski definition) is 2. The van der Waals surface area contributed by atoms with Crippen molar-refractivity contribution in [1.29, 1.82) is 0 Å². The normalized spacial score (nSPS) is 18.9. The first-order valence-electron chi connectivity index (χ1n) is 8.38. The summed E-state index contributed by atoms with van der Waals surface area (Å²) in [6.07, 6.45) is 2.02. The monoisotopic (exact) mass is 333 g/mol. The van der Waals surface area contributed by atoms with Crippen molar-refractivity contribution in [2.45, 2.75) is 25.4 Å². The van der Waals surface area contributed by atoms with Gasteiger partial charge in [0.2, 0.25) is 5.91 Å². The van der Waals surface area contributed by atoms with Crippen LogP contribution in [0.1, 0.15) is 24.9 Å². The largest absolute Gasteiger partial charge is 0.361 e. The average molecular weight is 333 g/mol. The average Bonchev–Trinajstić information content (AvgIpc) is 3.19. The number of H-pyrrole nitrogens is 1. The van der Waals surface area contributed by atoms with Crippen LogP contribution in [-0.2, 0) is 9.59 Å². The van der Waals surface area contributed by atoms with Crippen LogP contribution in [0.4, 0.5) is 5.69 Å². The standard InChI is InChI=1S/C20H19N3O2/c1-13(14-5-3-2-4-6-14)22-18-12-19(24)23(20(18)25)16-8-7-15-9-10-21-17(15)11-16/h2-11,13,18,21-22H,12H2,1H3. The number of nitrogens with one attached hydrogen (secondary N) is 2. The van der Waals surface area contributed by atoms with Crippen LogP contribution in [0.5, 0.6) is 0 Å². The minimum atomic E-state index is -0.498. The van der Waals surface area contributed by atoms with Crippen molar-refractivity contribution in [2.24, 2.45) is 0 Å². The molecule has 0 bridgehead atoms. The summed E-state index contributed by atoms with van der Waals surface area (Å²) in [4.78, 5) is 29.6. The number of carbonyl (C=O) groups excluding carboxylic acids is 2. The molecule has 3 aromatic rings. The lowest BCUT2D eigenvalue weighted by atomic mass is 10.1. The molecule has 0 radical (unpaired) electrons. The third-order valence-electron chi connectivity index (χ3n) is 4.69. The Hall–Kier alpha value is -2.92. The third-order valence-corrected chi connectivity index (χ3v) is 4.69. The number of aromatic nitrogens is 1. The second kappa shape index (κ2) is 6.18. The van der Waals surface area contributed by atoms with Crippen LogP contribution in [0, 0.1) is 0 Å². The van der Waals surface area contributed by atoms with E-state index in [-0.39, 0.29) is 24.3 Å². The van der Waals surface area contributed by atoms with Gasteiger partial charge in [0.1, 0.15) is 0 Å². The van der Waals surface area contributed by atoms with E-state index in [1.54, 1.807) is 0 Å². The summed E-state index contributed by atoms with van der Waals surface area (Å²) in [5, 5.41) is 4.34. The summed E-state index contributed by atoms with van der Waals surface area (Å²) in [6.45, 7) is 2.00. The van der Waals surface area contributed by atoms with Crippen LogP contribution >= 0.6 is 0 Å². The van der Waals surface area contributed by atoms with Crippen LogP contribution in [0.15, 0.2) is 60.8 Å². The molecule has 0 spiro atoms. The van der Waals surface area contributed by atoms with Gasteiger partial charge in [-0.1, -0.05) is 36.4 Å². The summed E-state index contributed by atoms with van der Waals surface area (Å²) < 4.78 is 0. The lowest BCUT2D eigenvalue weighted by Gasteiger charge is -2.19. The van der Waals surface area contributed by atoms with Gasteiger partial charge in [0.15, 0.2) is 0 Å². The predicted molar refractivity (Wildman–Crippen MR) is 97.2 cm³/mol. The van der Waals surface area contributed by atoms with Gasteiger partial charge in [-0.2, -0.15) is 0 Å². The first-order valence-corrected chi connectivity index (χ1v) is 8.38. The van der Waals surface area contributed by atoms with E-state index in [1.807, 2.05) is 67.7 Å². The number of anilines is 1. The highest BCUT2D eigenvalue weighted by Crippen LogP contribution is 2.27. The van der Waals surface area contributed by atoms with E-state index in [4.69, 9.17) is 0 Å². The van der Waals surface area contributed by atoms with Gasteiger partial charge >= 0.3 is 0 Å². The molecule has 0 aliphatic carbocycles. The van der Waals surface area contributed by atoms with Crippen molar-refractivity contribution in [3.8, 4) is 0 Å². The highest BCUT2D eigenvalue weighted by molar-refractivity contribution is 6.22. The molecular weight excluding hydrogens is 314 g/mol. The molecule has 0 saturated carbocycles. The van der Waals surface area contributed by atoms with Crippen LogP contribution in [0.25, 0.3) is 10.9 Å². The number of imide groups is 1. The lowest BCUT2D eigenvalue weighted by Crippen LogP contribution is -2.39. The maximum absolute atomic E-state index is 12.8. The maximum Gasteiger partial charge on any atom is 0.251 e. The van der Waals surface area contributed by atoms with E-state index >= 15 is 0 Å². The molecule has 2 N–H and O–H groups in total. The van der Waals surface area contributed by atoms with Gasteiger partial charge in [0, 0.05) is 17.8 Å².